The maximum absolute atomic E-state index is 2.54. The van der Waals surface area contributed by atoms with Crippen LogP contribution in [-0.2, 0) is 0 Å². The molecule has 0 saturated carbocycles. The Balaban J connectivity index is 1.43. The molecule has 0 unspecified atom stereocenters. The van der Waals surface area contributed by atoms with Crippen molar-refractivity contribution in [2.75, 3.05) is 0 Å². The van der Waals surface area contributed by atoms with Crippen molar-refractivity contribution in [2.24, 2.45) is 0 Å². The molecule has 0 aliphatic carbocycles. The van der Waals surface area contributed by atoms with Crippen molar-refractivity contribution in [2.45, 2.75) is 9.79 Å². The second kappa shape index (κ2) is 7.50. The van der Waals surface area contributed by atoms with Crippen LogP contribution in [0.5, 0.6) is 0 Å². The largest absolute Gasteiger partial charge is 0.310 e. The second-order valence-electron chi connectivity index (χ2n) is 10.9. The molecule has 0 spiro atoms. The zero-order valence-electron chi connectivity index (χ0n) is 21.5. The molecule has 2 nitrogen and oxygen atoms in total. The summed E-state index contributed by atoms with van der Waals surface area (Å²) in [6.45, 7) is 0.218. The fourth-order valence-corrected chi connectivity index (χ4v) is 8.64. The zero-order chi connectivity index (χ0) is 25.9. The first kappa shape index (κ1) is 21.2. The third-order valence-electron chi connectivity index (χ3n) is 8.98. The average Bonchev–Trinajstić information content (AvgIpc) is 3.54. The molecule has 2 aromatic heterocycles. The lowest BCUT2D eigenvalue weighted by Crippen LogP contribution is -2.58. The van der Waals surface area contributed by atoms with E-state index < -0.39 is 0 Å². The summed E-state index contributed by atoms with van der Waals surface area (Å²) < 4.78 is 5.03. The monoisotopic (exact) mass is 524 g/mol. The quantitative estimate of drug-likeness (QED) is 0.207. The zero-order valence-corrected chi connectivity index (χ0v) is 22.3. The van der Waals surface area contributed by atoms with Crippen molar-refractivity contribution < 1.29 is 0 Å². The number of nitrogens with zero attached hydrogens (tertiary/aromatic N) is 2. The van der Waals surface area contributed by atoms with E-state index in [-0.39, 0.29) is 6.71 Å². The molecule has 40 heavy (non-hydrogen) atoms. The lowest BCUT2D eigenvalue weighted by molar-refractivity contribution is 1.16. The number of rotatable bonds is 1. The minimum atomic E-state index is 0.218. The van der Waals surface area contributed by atoms with E-state index in [1.165, 1.54) is 81.2 Å². The molecule has 0 radical (unpaired) electrons. The van der Waals surface area contributed by atoms with Crippen LogP contribution in [-0.4, -0.2) is 15.8 Å². The first-order valence-corrected chi connectivity index (χ1v) is 14.6. The Labute approximate surface area is 235 Å². The average molecular weight is 524 g/mol. The van der Waals surface area contributed by atoms with Gasteiger partial charge >= 0.3 is 0 Å². The van der Waals surface area contributed by atoms with Gasteiger partial charge in [-0.3, -0.25) is 0 Å². The Kier molecular flexibility index (Phi) is 3.97. The first-order chi connectivity index (χ1) is 19.9. The summed E-state index contributed by atoms with van der Waals surface area (Å²) in [7, 11) is 0. The highest BCUT2D eigenvalue weighted by Crippen LogP contribution is 2.42. The van der Waals surface area contributed by atoms with Gasteiger partial charge in [-0.2, -0.15) is 0 Å². The van der Waals surface area contributed by atoms with Crippen molar-refractivity contribution in [3.05, 3.63) is 127 Å². The molecule has 0 fully saturated rings. The highest BCUT2D eigenvalue weighted by Gasteiger charge is 2.39. The van der Waals surface area contributed by atoms with Crippen LogP contribution < -0.4 is 16.4 Å². The van der Waals surface area contributed by atoms with Gasteiger partial charge in [0, 0.05) is 37.0 Å². The van der Waals surface area contributed by atoms with Crippen LogP contribution in [0.4, 0.5) is 0 Å². The van der Waals surface area contributed by atoms with Crippen LogP contribution in [0, 0.1) is 0 Å². The third kappa shape index (κ3) is 2.49. The van der Waals surface area contributed by atoms with Gasteiger partial charge in [0.1, 0.15) is 0 Å². The van der Waals surface area contributed by atoms with Gasteiger partial charge in [0.2, 0.25) is 6.71 Å². The summed E-state index contributed by atoms with van der Waals surface area (Å²) in [5.41, 5.74) is 11.9. The number of hydrogen-bond donors (Lipinski definition) is 0. The Morgan fingerprint density at radius 3 is 1.85 bits per heavy atom. The first-order valence-electron chi connectivity index (χ1n) is 13.8. The van der Waals surface area contributed by atoms with Gasteiger partial charge in [0.15, 0.2) is 0 Å². The lowest BCUT2D eigenvalue weighted by atomic mass is 9.35. The van der Waals surface area contributed by atoms with Crippen LogP contribution in [0.25, 0.3) is 55.0 Å². The predicted molar refractivity (Wildman–Crippen MR) is 170 cm³/mol. The lowest BCUT2D eigenvalue weighted by Gasteiger charge is -2.33. The topological polar surface area (TPSA) is 9.86 Å². The molecular weight excluding hydrogens is 503 g/mol. The molecule has 2 aliphatic rings. The van der Waals surface area contributed by atoms with Gasteiger partial charge in [0.25, 0.3) is 0 Å². The van der Waals surface area contributed by atoms with E-state index in [9.17, 15) is 0 Å². The summed E-state index contributed by atoms with van der Waals surface area (Å²) in [6.07, 6.45) is 0. The van der Waals surface area contributed by atoms with Crippen molar-refractivity contribution >= 4 is 78.5 Å². The third-order valence-corrected chi connectivity index (χ3v) is 10.1. The van der Waals surface area contributed by atoms with Crippen molar-refractivity contribution in [1.29, 1.82) is 0 Å². The Hall–Kier alpha value is -4.67. The molecular formula is C36H21BN2S. The van der Waals surface area contributed by atoms with E-state index in [1.54, 1.807) is 0 Å². The molecule has 0 bridgehead atoms. The highest BCUT2D eigenvalue weighted by atomic mass is 32.2. The molecule has 0 atom stereocenters. The van der Waals surface area contributed by atoms with Crippen molar-refractivity contribution in [1.82, 2.24) is 9.13 Å². The Morgan fingerprint density at radius 2 is 1.07 bits per heavy atom. The predicted octanol–water partition coefficient (Wildman–Crippen LogP) is 7.18. The Morgan fingerprint density at radius 1 is 0.450 bits per heavy atom. The van der Waals surface area contributed by atoms with Gasteiger partial charge < -0.3 is 9.13 Å². The van der Waals surface area contributed by atoms with Crippen LogP contribution >= 0.6 is 11.8 Å². The van der Waals surface area contributed by atoms with Crippen LogP contribution in [0.1, 0.15) is 0 Å². The molecule has 4 heterocycles. The smallest absolute Gasteiger partial charge is 0.249 e. The minimum Gasteiger partial charge on any atom is -0.310 e. The van der Waals surface area contributed by atoms with Crippen molar-refractivity contribution in [3.63, 3.8) is 0 Å². The molecule has 8 aromatic rings. The number of aromatic nitrogens is 2. The van der Waals surface area contributed by atoms with E-state index >= 15 is 0 Å². The molecule has 2 aliphatic heterocycles. The molecule has 0 saturated heterocycles. The second-order valence-corrected chi connectivity index (χ2v) is 12.0. The van der Waals surface area contributed by atoms with E-state index in [0.717, 1.165) is 0 Å². The summed E-state index contributed by atoms with van der Waals surface area (Å²) in [5, 5.41) is 5.21. The Bertz CT molecular complexity index is 2320. The van der Waals surface area contributed by atoms with E-state index in [4.69, 9.17) is 0 Å². The molecule has 10 rings (SSSR count). The van der Waals surface area contributed by atoms with Gasteiger partial charge in [-0.15, -0.1) is 0 Å². The minimum absolute atomic E-state index is 0.218. The normalized spacial score (nSPS) is 13.3. The highest BCUT2D eigenvalue weighted by molar-refractivity contribution is 8.00. The van der Waals surface area contributed by atoms with Crippen LogP contribution in [0.3, 0.4) is 0 Å². The number of para-hydroxylation sites is 3. The molecule has 184 valence electrons. The summed E-state index contributed by atoms with van der Waals surface area (Å²) in [6, 6.07) is 47.2. The summed E-state index contributed by atoms with van der Waals surface area (Å²) in [5.74, 6) is 0. The van der Waals surface area contributed by atoms with Crippen LogP contribution in [0.15, 0.2) is 137 Å². The number of benzene rings is 6. The van der Waals surface area contributed by atoms with E-state index in [2.05, 4.69) is 137 Å². The summed E-state index contributed by atoms with van der Waals surface area (Å²) in [4.78, 5) is 2.73. The standard InChI is InChI=1S/C36H21BN2S/c1-5-14-27-22(10-1)23-11-2-6-15-28(23)38(27)30-21-20-26-36-34(30)24-12-3-7-16-29(24)39(36)31-17-9-19-33-35(31)37(26)25-13-4-8-18-32(25)40-33/h1-21H. The fourth-order valence-electron chi connectivity index (χ4n) is 7.47. The number of fused-ring (bicyclic) bond motifs is 10. The maximum Gasteiger partial charge on any atom is 0.249 e. The molecule has 4 heteroatoms. The molecule has 6 aromatic carbocycles. The van der Waals surface area contributed by atoms with Gasteiger partial charge in [0.05, 0.1) is 27.8 Å². The van der Waals surface area contributed by atoms with Gasteiger partial charge in [-0.25, -0.2) is 0 Å². The molecule has 0 amide bonds. The number of hydrogen-bond acceptors (Lipinski definition) is 1. The fraction of sp³-hybridized carbons (Fsp3) is 0. The summed E-state index contributed by atoms with van der Waals surface area (Å²) >= 11 is 1.91. The van der Waals surface area contributed by atoms with Gasteiger partial charge in [-0.1, -0.05) is 102 Å². The molecule has 0 N–H and O–H groups in total. The van der Waals surface area contributed by atoms with Crippen LogP contribution in [0.2, 0.25) is 0 Å². The van der Waals surface area contributed by atoms with Gasteiger partial charge in [-0.05, 0) is 53.4 Å². The SMILES string of the molecule is c1ccc2c(c1)Sc1cccc3c1B2c1ccc(-n2c4ccccc4c4ccccc42)c2c4ccccc4n-3c12. The maximum atomic E-state index is 2.54. The van der Waals surface area contributed by atoms with E-state index in [1.807, 2.05) is 11.8 Å². The van der Waals surface area contributed by atoms with Crippen molar-refractivity contribution in [3.8, 4) is 11.4 Å². The van der Waals surface area contributed by atoms with E-state index in [0.29, 0.717) is 0 Å².